The number of esters is 1. The molecular formula is C15H14ClNO5. The summed E-state index contributed by atoms with van der Waals surface area (Å²) in [6.45, 7) is 1.27. The van der Waals surface area contributed by atoms with E-state index in [4.69, 9.17) is 20.8 Å². The molecule has 0 aliphatic heterocycles. The van der Waals surface area contributed by atoms with Gasteiger partial charge in [0.1, 0.15) is 17.1 Å². The molecule has 1 aromatic heterocycles. The second-order valence-corrected chi connectivity index (χ2v) is 4.98. The van der Waals surface area contributed by atoms with E-state index < -0.39 is 18.5 Å². The molecule has 1 atom stereocenters. The summed E-state index contributed by atoms with van der Waals surface area (Å²) in [4.78, 5) is 23.5. The van der Waals surface area contributed by atoms with Gasteiger partial charge in [-0.25, -0.2) is 4.79 Å². The molecule has 116 valence electrons. The second-order valence-electron chi connectivity index (χ2n) is 4.54. The quantitative estimate of drug-likeness (QED) is 0.826. The number of phenols is 1. The van der Waals surface area contributed by atoms with Gasteiger partial charge in [-0.2, -0.15) is 0 Å². The first-order valence-electron chi connectivity index (χ1n) is 6.46. The minimum atomic E-state index is -0.810. The maximum Gasteiger partial charge on any atom is 0.342 e. The van der Waals surface area contributed by atoms with Crippen LogP contribution in [0.25, 0.3) is 0 Å². The largest absolute Gasteiger partial charge is 0.507 e. The summed E-state index contributed by atoms with van der Waals surface area (Å²) >= 11 is 5.67. The lowest BCUT2D eigenvalue weighted by Crippen LogP contribution is -2.31. The average molecular weight is 324 g/mol. The van der Waals surface area contributed by atoms with E-state index >= 15 is 0 Å². The van der Waals surface area contributed by atoms with Crippen LogP contribution in [0.2, 0.25) is 5.02 Å². The second kappa shape index (κ2) is 7.00. The number of rotatable bonds is 5. The fourth-order valence-corrected chi connectivity index (χ4v) is 1.94. The first-order valence-corrected chi connectivity index (χ1v) is 6.83. The number of hydrogen-bond donors (Lipinski definition) is 2. The van der Waals surface area contributed by atoms with E-state index in [1.54, 1.807) is 19.1 Å². The molecule has 2 aromatic rings. The Bertz CT molecular complexity index is 669. The number of ether oxygens (including phenoxy) is 1. The molecule has 1 heterocycles. The van der Waals surface area contributed by atoms with Crippen LogP contribution in [-0.2, 0) is 9.53 Å². The van der Waals surface area contributed by atoms with Crippen LogP contribution in [0.4, 0.5) is 0 Å². The Morgan fingerprint density at radius 1 is 1.41 bits per heavy atom. The van der Waals surface area contributed by atoms with Gasteiger partial charge < -0.3 is 19.6 Å². The van der Waals surface area contributed by atoms with Crippen molar-refractivity contribution in [1.29, 1.82) is 0 Å². The number of benzene rings is 1. The molecule has 0 unspecified atom stereocenters. The molecule has 0 spiro atoms. The molecule has 0 saturated carbocycles. The Morgan fingerprint density at radius 2 is 2.18 bits per heavy atom. The van der Waals surface area contributed by atoms with Crippen LogP contribution in [0.15, 0.2) is 41.0 Å². The van der Waals surface area contributed by atoms with Gasteiger partial charge in [0.15, 0.2) is 6.61 Å². The van der Waals surface area contributed by atoms with Gasteiger partial charge in [-0.05, 0) is 37.3 Å². The first-order chi connectivity index (χ1) is 10.5. The highest BCUT2D eigenvalue weighted by Crippen LogP contribution is 2.22. The third-order valence-corrected chi connectivity index (χ3v) is 3.10. The molecule has 2 N–H and O–H groups in total. The number of amides is 1. The molecule has 1 amide bonds. The molecule has 0 bridgehead atoms. The summed E-state index contributed by atoms with van der Waals surface area (Å²) in [5.41, 5.74) is -0.0590. The summed E-state index contributed by atoms with van der Waals surface area (Å²) in [5, 5.41) is 12.5. The van der Waals surface area contributed by atoms with Crippen LogP contribution in [-0.4, -0.2) is 23.6 Å². The van der Waals surface area contributed by atoms with Crippen molar-refractivity contribution in [2.75, 3.05) is 6.61 Å². The van der Waals surface area contributed by atoms with Crippen molar-refractivity contribution >= 4 is 23.5 Å². The van der Waals surface area contributed by atoms with E-state index in [-0.39, 0.29) is 17.4 Å². The van der Waals surface area contributed by atoms with Gasteiger partial charge in [0, 0.05) is 5.02 Å². The third kappa shape index (κ3) is 4.02. The molecule has 0 aliphatic carbocycles. The van der Waals surface area contributed by atoms with Crippen molar-refractivity contribution in [3.63, 3.8) is 0 Å². The van der Waals surface area contributed by atoms with Gasteiger partial charge in [0.05, 0.1) is 12.3 Å². The predicted octanol–water partition coefficient (Wildman–Crippen LogP) is 2.67. The number of furan rings is 1. The number of phenolic OH excluding ortho intramolecular Hbond substituents is 1. The zero-order valence-electron chi connectivity index (χ0n) is 11.7. The number of aromatic hydroxyl groups is 1. The summed E-state index contributed by atoms with van der Waals surface area (Å²) in [5.74, 6) is -1.00. The normalized spacial score (nSPS) is 11.7. The van der Waals surface area contributed by atoms with Crippen molar-refractivity contribution < 1.29 is 23.8 Å². The molecule has 2 rings (SSSR count). The fourth-order valence-electron chi connectivity index (χ4n) is 1.78. The lowest BCUT2D eigenvalue weighted by Gasteiger charge is -2.11. The average Bonchev–Trinajstić information content (AvgIpc) is 2.99. The molecule has 0 fully saturated rings. The number of halogens is 1. The van der Waals surface area contributed by atoms with Crippen molar-refractivity contribution in [1.82, 2.24) is 5.32 Å². The predicted molar refractivity (Wildman–Crippen MR) is 78.7 cm³/mol. The van der Waals surface area contributed by atoms with E-state index in [2.05, 4.69) is 5.32 Å². The van der Waals surface area contributed by atoms with E-state index in [9.17, 15) is 14.7 Å². The molecular weight excluding hydrogens is 310 g/mol. The van der Waals surface area contributed by atoms with E-state index in [0.717, 1.165) is 0 Å². The molecule has 22 heavy (non-hydrogen) atoms. The van der Waals surface area contributed by atoms with Gasteiger partial charge in [0.25, 0.3) is 5.91 Å². The SMILES string of the molecule is C[C@H](NC(=O)COC(=O)c1ccc(Cl)cc1O)c1ccco1. The topological polar surface area (TPSA) is 88.8 Å². The zero-order chi connectivity index (χ0) is 16.1. The van der Waals surface area contributed by atoms with Gasteiger partial charge in [-0.1, -0.05) is 11.6 Å². The number of carbonyl (C=O) groups excluding carboxylic acids is 2. The molecule has 0 aliphatic rings. The molecule has 0 saturated heterocycles. The van der Waals surface area contributed by atoms with Gasteiger partial charge in [-0.15, -0.1) is 0 Å². The molecule has 0 radical (unpaired) electrons. The highest BCUT2D eigenvalue weighted by molar-refractivity contribution is 6.30. The Morgan fingerprint density at radius 3 is 2.82 bits per heavy atom. The third-order valence-electron chi connectivity index (χ3n) is 2.86. The minimum Gasteiger partial charge on any atom is -0.507 e. The van der Waals surface area contributed by atoms with Crippen LogP contribution in [0.3, 0.4) is 0 Å². The van der Waals surface area contributed by atoms with E-state index in [1.165, 1.54) is 24.5 Å². The highest BCUT2D eigenvalue weighted by atomic mass is 35.5. The van der Waals surface area contributed by atoms with Crippen molar-refractivity contribution in [2.45, 2.75) is 13.0 Å². The molecule has 1 aromatic carbocycles. The molecule has 6 nitrogen and oxygen atoms in total. The Hall–Kier alpha value is -2.47. The lowest BCUT2D eigenvalue weighted by atomic mass is 10.2. The zero-order valence-corrected chi connectivity index (χ0v) is 12.5. The molecule has 7 heteroatoms. The van der Waals surface area contributed by atoms with Gasteiger partial charge in [0.2, 0.25) is 0 Å². The Balaban J connectivity index is 1.86. The number of nitrogens with one attached hydrogen (secondary N) is 1. The minimum absolute atomic E-state index is 0.0590. The van der Waals surface area contributed by atoms with Crippen LogP contribution < -0.4 is 5.32 Å². The monoisotopic (exact) mass is 323 g/mol. The lowest BCUT2D eigenvalue weighted by molar-refractivity contribution is -0.125. The van der Waals surface area contributed by atoms with Crippen LogP contribution in [0, 0.1) is 0 Å². The van der Waals surface area contributed by atoms with Crippen LogP contribution in [0.1, 0.15) is 29.1 Å². The van der Waals surface area contributed by atoms with Crippen molar-refractivity contribution in [2.24, 2.45) is 0 Å². The summed E-state index contributed by atoms with van der Waals surface area (Å²) in [7, 11) is 0. The van der Waals surface area contributed by atoms with Gasteiger partial charge >= 0.3 is 5.97 Å². The maximum absolute atomic E-state index is 11.8. The van der Waals surface area contributed by atoms with Crippen molar-refractivity contribution in [3.05, 3.63) is 52.9 Å². The fraction of sp³-hybridized carbons (Fsp3) is 0.200. The van der Waals surface area contributed by atoms with Crippen molar-refractivity contribution in [3.8, 4) is 5.75 Å². The summed E-state index contributed by atoms with van der Waals surface area (Å²) in [6, 6.07) is 7.08. The summed E-state index contributed by atoms with van der Waals surface area (Å²) < 4.78 is 9.99. The number of carbonyl (C=O) groups is 2. The summed E-state index contributed by atoms with van der Waals surface area (Å²) in [6.07, 6.45) is 1.50. The maximum atomic E-state index is 11.8. The smallest absolute Gasteiger partial charge is 0.342 e. The van der Waals surface area contributed by atoms with Crippen LogP contribution in [0.5, 0.6) is 5.75 Å². The van der Waals surface area contributed by atoms with Crippen LogP contribution >= 0.6 is 11.6 Å². The van der Waals surface area contributed by atoms with E-state index in [1.807, 2.05) is 0 Å². The standard InChI is InChI=1S/C15H14ClNO5/c1-9(13-3-2-6-21-13)17-14(19)8-22-15(20)11-5-4-10(16)7-12(11)18/h2-7,9,18H,8H2,1H3,(H,17,19)/t9-/m0/s1. The van der Waals surface area contributed by atoms with Gasteiger partial charge in [-0.3, -0.25) is 4.79 Å². The Labute approximate surface area is 131 Å². The highest BCUT2D eigenvalue weighted by Gasteiger charge is 2.16. The first kappa shape index (κ1) is 15.9. The van der Waals surface area contributed by atoms with E-state index in [0.29, 0.717) is 10.8 Å². The Kier molecular flexibility index (Phi) is 5.06. The number of hydrogen-bond acceptors (Lipinski definition) is 5.